The van der Waals surface area contributed by atoms with Crippen molar-refractivity contribution in [2.45, 2.75) is 44.7 Å². The van der Waals surface area contributed by atoms with Crippen LogP contribution in [-0.4, -0.2) is 34.8 Å². The van der Waals surface area contributed by atoms with Crippen molar-refractivity contribution in [1.82, 2.24) is 4.57 Å². The van der Waals surface area contributed by atoms with Crippen molar-refractivity contribution in [3.05, 3.63) is 38.4 Å². The number of carboxylic acid groups (broad SMARTS) is 1. The summed E-state index contributed by atoms with van der Waals surface area (Å²) in [5.41, 5.74) is 6.14. The zero-order valence-electron chi connectivity index (χ0n) is 15.5. The van der Waals surface area contributed by atoms with E-state index in [0.717, 1.165) is 25.7 Å². The van der Waals surface area contributed by atoms with Crippen LogP contribution in [0.15, 0.2) is 11.0 Å². The van der Waals surface area contributed by atoms with Gasteiger partial charge in [-0.1, -0.05) is 11.6 Å². The van der Waals surface area contributed by atoms with Crippen LogP contribution in [0, 0.1) is 18.2 Å². The lowest BCUT2D eigenvalue weighted by atomic mass is 10.0. The summed E-state index contributed by atoms with van der Waals surface area (Å²) in [7, 11) is 0. The quantitative estimate of drug-likeness (QED) is 0.819. The molecule has 6 nitrogen and oxygen atoms in total. The van der Waals surface area contributed by atoms with E-state index < -0.39 is 17.2 Å². The summed E-state index contributed by atoms with van der Waals surface area (Å²) in [6.45, 7) is 2.68. The van der Waals surface area contributed by atoms with Crippen LogP contribution in [0.5, 0.6) is 0 Å². The van der Waals surface area contributed by atoms with Crippen LogP contribution in [0.2, 0.25) is 5.02 Å². The molecule has 2 saturated carbocycles. The summed E-state index contributed by atoms with van der Waals surface area (Å²) in [6.07, 6.45) is 5.17. The fourth-order valence-electron chi connectivity index (χ4n) is 4.62. The number of halogens is 2. The first-order chi connectivity index (χ1) is 13.2. The van der Waals surface area contributed by atoms with Gasteiger partial charge in [-0.15, -0.1) is 0 Å². The zero-order chi connectivity index (χ0) is 20.0. The molecule has 1 unspecified atom stereocenters. The molecular weight excluding hydrogens is 385 g/mol. The Morgan fingerprint density at radius 1 is 1.39 bits per heavy atom. The number of aromatic nitrogens is 1. The summed E-state index contributed by atoms with van der Waals surface area (Å²) < 4.78 is 17.2. The Balaban J connectivity index is 1.81. The summed E-state index contributed by atoms with van der Waals surface area (Å²) in [5.74, 6) is -1.88. The summed E-state index contributed by atoms with van der Waals surface area (Å²) in [4.78, 5) is 26.3. The smallest absolute Gasteiger partial charge is 0.341 e. The predicted molar refractivity (Wildman–Crippen MR) is 105 cm³/mol. The number of aromatic carboxylic acids is 1. The van der Waals surface area contributed by atoms with Crippen molar-refractivity contribution in [2.24, 2.45) is 11.1 Å². The topological polar surface area (TPSA) is 88.6 Å². The molecule has 1 spiro atoms. The first-order valence-corrected chi connectivity index (χ1v) is 9.93. The largest absolute Gasteiger partial charge is 0.477 e. The van der Waals surface area contributed by atoms with Crippen molar-refractivity contribution in [2.75, 3.05) is 18.0 Å². The Bertz CT molecular complexity index is 1100. The van der Waals surface area contributed by atoms with E-state index in [1.807, 2.05) is 4.90 Å². The van der Waals surface area contributed by atoms with Crippen LogP contribution in [0.1, 0.15) is 47.6 Å². The fraction of sp³-hybridized carbons (Fsp3) is 0.500. The third-order valence-electron chi connectivity index (χ3n) is 6.65. The number of benzene rings is 1. The van der Waals surface area contributed by atoms with Gasteiger partial charge in [0.25, 0.3) is 0 Å². The molecule has 2 aliphatic carbocycles. The molecule has 1 aliphatic heterocycles. The van der Waals surface area contributed by atoms with Crippen LogP contribution in [0.25, 0.3) is 10.9 Å². The molecule has 5 rings (SSSR count). The molecule has 0 bridgehead atoms. The van der Waals surface area contributed by atoms with E-state index in [2.05, 4.69) is 0 Å². The lowest BCUT2D eigenvalue weighted by molar-refractivity contribution is 0.0695. The minimum absolute atomic E-state index is 0.0287. The van der Waals surface area contributed by atoms with E-state index in [9.17, 15) is 14.7 Å². The first kappa shape index (κ1) is 17.9. The minimum Gasteiger partial charge on any atom is -0.477 e. The van der Waals surface area contributed by atoms with Gasteiger partial charge in [0.2, 0.25) is 5.43 Å². The maximum absolute atomic E-state index is 15.4. The molecule has 1 atom stereocenters. The van der Waals surface area contributed by atoms with Crippen LogP contribution in [-0.2, 0) is 0 Å². The monoisotopic (exact) mass is 405 g/mol. The second-order valence-electron chi connectivity index (χ2n) is 8.49. The van der Waals surface area contributed by atoms with Crippen molar-refractivity contribution in [1.29, 1.82) is 0 Å². The number of rotatable bonds is 3. The van der Waals surface area contributed by atoms with Gasteiger partial charge in [0, 0.05) is 42.3 Å². The van der Waals surface area contributed by atoms with Crippen molar-refractivity contribution in [3.63, 3.8) is 0 Å². The molecule has 1 saturated heterocycles. The number of hydrogen-bond donors (Lipinski definition) is 2. The van der Waals surface area contributed by atoms with Gasteiger partial charge < -0.3 is 20.3 Å². The van der Waals surface area contributed by atoms with E-state index in [1.165, 1.54) is 13.1 Å². The number of hydrogen-bond acceptors (Lipinski definition) is 4. The standard InChI is InChI=1S/C20H21ClFN3O3/c1-9-13-16(25(10-2-3-10)6-11(18(13)26)19(27)28)14(21)17(15(9)22)24-7-12(23)20(8-24)4-5-20/h6,10,12H,2-5,7-8,23H2,1H3,(H,27,28). The predicted octanol–water partition coefficient (Wildman–Crippen LogP) is 3.06. The Kier molecular flexibility index (Phi) is 3.65. The molecule has 148 valence electrons. The van der Waals surface area contributed by atoms with E-state index in [0.29, 0.717) is 18.6 Å². The van der Waals surface area contributed by atoms with Crippen LogP contribution >= 0.6 is 11.6 Å². The van der Waals surface area contributed by atoms with Gasteiger partial charge in [-0.05, 0) is 32.6 Å². The number of fused-ring (bicyclic) bond motifs is 1. The number of carboxylic acids is 1. The van der Waals surface area contributed by atoms with Crippen molar-refractivity contribution in [3.8, 4) is 0 Å². The summed E-state index contributed by atoms with van der Waals surface area (Å²) in [5, 5.41) is 9.67. The summed E-state index contributed by atoms with van der Waals surface area (Å²) >= 11 is 6.71. The molecular formula is C20H21ClFN3O3. The van der Waals surface area contributed by atoms with E-state index in [-0.39, 0.29) is 44.7 Å². The number of nitrogens with zero attached hydrogens (tertiary/aromatic N) is 2. The Labute approximate surface area is 165 Å². The van der Waals surface area contributed by atoms with Crippen LogP contribution in [0.4, 0.5) is 10.1 Å². The highest BCUT2D eigenvalue weighted by Gasteiger charge is 2.54. The molecule has 0 amide bonds. The van der Waals surface area contributed by atoms with Gasteiger partial charge in [0.15, 0.2) is 5.82 Å². The molecule has 1 aromatic carbocycles. The molecule has 3 N–H and O–H groups in total. The molecule has 8 heteroatoms. The number of anilines is 1. The highest BCUT2D eigenvalue weighted by atomic mass is 35.5. The molecule has 3 aliphatic rings. The average molecular weight is 406 g/mol. The van der Waals surface area contributed by atoms with E-state index in [1.54, 1.807) is 4.57 Å². The maximum atomic E-state index is 15.4. The fourth-order valence-corrected chi connectivity index (χ4v) is 5.02. The molecule has 3 fully saturated rings. The second-order valence-corrected chi connectivity index (χ2v) is 8.87. The van der Waals surface area contributed by atoms with Crippen molar-refractivity contribution >= 4 is 34.2 Å². The Morgan fingerprint density at radius 2 is 2.07 bits per heavy atom. The zero-order valence-corrected chi connectivity index (χ0v) is 16.2. The van der Waals surface area contributed by atoms with Gasteiger partial charge in [-0.2, -0.15) is 0 Å². The third kappa shape index (κ3) is 2.35. The highest BCUT2D eigenvalue weighted by Crippen LogP contribution is 2.54. The van der Waals surface area contributed by atoms with Gasteiger partial charge in [-0.25, -0.2) is 9.18 Å². The average Bonchev–Trinajstić information content (AvgIpc) is 3.53. The van der Waals surface area contributed by atoms with Gasteiger partial charge in [0.1, 0.15) is 5.56 Å². The minimum atomic E-state index is -1.32. The summed E-state index contributed by atoms with van der Waals surface area (Å²) in [6, 6.07) is 0.0472. The van der Waals surface area contributed by atoms with Crippen LogP contribution in [0.3, 0.4) is 0 Å². The van der Waals surface area contributed by atoms with Crippen molar-refractivity contribution < 1.29 is 14.3 Å². The first-order valence-electron chi connectivity index (χ1n) is 9.55. The maximum Gasteiger partial charge on any atom is 0.341 e. The van der Waals surface area contributed by atoms with E-state index in [4.69, 9.17) is 17.3 Å². The number of pyridine rings is 1. The molecule has 2 heterocycles. The van der Waals surface area contributed by atoms with Gasteiger partial charge in [-0.3, -0.25) is 4.79 Å². The highest BCUT2D eigenvalue weighted by molar-refractivity contribution is 6.38. The number of aryl methyl sites for hydroxylation is 1. The SMILES string of the molecule is Cc1c(F)c(N2CC(N)C3(CC3)C2)c(Cl)c2c1c(=O)c(C(=O)O)cn2C1CC1. The van der Waals surface area contributed by atoms with Crippen LogP contribution < -0.4 is 16.1 Å². The lowest BCUT2D eigenvalue weighted by Crippen LogP contribution is -2.30. The molecule has 2 aromatic rings. The van der Waals surface area contributed by atoms with Gasteiger partial charge >= 0.3 is 5.97 Å². The lowest BCUT2D eigenvalue weighted by Gasteiger charge is -2.24. The number of nitrogens with two attached hydrogens (primary N) is 1. The number of carbonyl (C=O) groups is 1. The molecule has 0 radical (unpaired) electrons. The van der Waals surface area contributed by atoms with Gasteiger partial charge in [0.05, 0.1) is 21.6 Å². The molecule has 28 heavy (non-hydrogen) atoms. The normalized spacial score (nSPS) is 23.0. The second kappa shape index (κ2) is 5.70. The Morgan fingerprint density at radius 3 is 2.61 bits per heavy atom. The third-order valence-corrected chi connectivity index (χ3v) is 7.01. The Hall–Kier alpha value is -2.12. The van der Waals surface area contributed by atoms with E-state index >= 15 is 4.39 Å². The molecule has 1 aromatic heterocycles.